The third-order valence-electron chi connectivity index (χ3n) is 3.98. The maximum Gasteiger partial charge on any atom is 0.191 e. The van der Waals surface area contributed by atoms with Crippen LogP contribution in [-0.2, 0) is 20.0 Å². The number of halogens is 1. The predicted molar refractivity (Wildman–Crippen MR) is 120 cm³/mol. The third-order valence-corrected chi connectivity index (χ3v) is 3.98. The topological polar surface area (TPSA) is 76.4 Å². The summed E-state index contributed by atoms with van der Waals surface area (Å²) < 4.78 is 7.64. The van der Waals surface area contributed by atoms with Crippen LogP contribution in [0.2, 0.25) is 0 Å². The summed E-state index contributed by atoms with van der Waals surface area (Å²) >= 11 is 0. The van der Waals surface area contributed by atoms with E-state index in [0.29, 0.717) is 6.54 Å². The van der Waals surface area contributed by atoms with Gasteiger partial charge in [-0.25, -0.2) is 4.99 Å². The van der Waals surface area contributed by atoms with Crippen molar-refractivity contribution >= 4 is 29.9 Å². The number of nitrogens with one attached hydrogen (secondary N) is 2. The van der Waals surface area contributed by atoms with Gasteiger partial charge in [-0.15, -0.1) is 34.2 Å². The van der Waals surface area contributed by atoms with Crippen molar-refractivity contribution < 1.29 is 4.74 Å². The molecular formula is C19H31IN6O. The Morgan fingerprint density at radius 2 is 2.04 bits per heavy atom. The van der Waals surface area contributed by atoms with Gasteiger partial charge in [0.15, 0.2) is 11.8 Å². The molecule has 0 saturated heterocycles. The molecule has 0 aliphatic heterocycles. The fourth-order valence-electron chi connectivity index (χ4n) is 2.42. The van der Waals surface area contributed by atoms with Crippen molar-refractivity contribution in [3.05, 3.63) is 41.5 Å². The Labute approximate surface area is 179 Å². The molecule has 0 unspecified atom stereocenters. The molecule has 1 aromatic heterocycles. The van der Waals surface area contributed by atoms with E-state index in [0.717, 1.165) is 55.9 Å². The summed E-state index contributed by atoms with van der Waals surface area (Å²) in [7, 11) is 1.95. The smallest absolute Gasteiger partial charge is 0.191 e. The Bertz CT molecular complexity index is 716. The van der Waals surface area contributed by atoms with Crippen molar-refractivity contribution in [3.8, 4) is 5.75 Å². The van der Waals surface area contributed by atoms with Crippen molar-refractivity contribution in [2.75, 3.05) is 19.7 Å². The zero-order valence-electron chi connectivity index (χ0n) is 16.7. The van der Waals surface area contributed by atoms with Gasteiger partial charge in [0.2, 0.25) is 0 Å². The highest BCUT2D eigenvalue weighted by Crippen LogP contribution is 2.13. The summed E-state index contributed by atoms with van der Waals surface area (Å²) in [5.41, 5.74) is 1.24. The van der Waals surface area contributed by atoms with Gasteiger partial charge >= 0.3 is 0 Å². The van der Waals surface area contributed by atoms with Crippen LogP contribution < -0.4 is 15.4 Å². The van der Waals surface area contributed by atoms with Gasteiger partial charge in [0.05, 0.1) is 6.61 Å². The molecule has 2 aromatic rings. The summed E-state index contributed by atoms with van der Waals surface area (Å²) in [5, 5.41) is 14.8. The zero-order valence-corrected chi connectivity index (χ0v) is 19.0. The van der Waals surface area contributed by atoms with E-state index in [-0.39, 0.29) is 24.0 Å². The van der Waals surface area contributed by atoms with E-state index >= 15 is 0 Å². The highest BCUT2D eigenvalue weighted by Gasteiger charge is 2.05. The molecule has 0 radical (unpaired) electrons. The van der Waals surface area contributed by atoms with Gasteiger partial charge in [0.1, 0.15) is 18.1 Å². The highest BCUT2D eigenvalue weighted by atomic mass is 127. The normalized spacial score (nSPS) is 11.0. The second-order valence-corrected chi connectivity index (χ2v) is 6.09. The van der Waals surface area contributed by atoms with Crippen molar-refractivity contribution in [2.45, 2.75) is 40.2 Å². The molecule has 0 saturated carbocycles. The highest BCUT2D eigenvalue weighted by molar-refractivity contribution is 14.0. The molecule has 2 N–H and O–H groups in total. The third kappa shape index (κ3) is 7.74. The molecule has 0 amide bonds. The maximum atomic E-state index is 5.69. The minimum atomic E-state index is 0. The van der Waals surface area contributed by atoms with E-state index in [2.05, 4.69) is 51.8 Å². The van der Waals surface area contributed by atoms with Crippen LogP contribution in [0.25, 0.3) is 0 Å². The number of hydrogen-bond acceptors (Lipinski definition) is 4. The quantitative estimate of drug-likeness (QED) is 0.324. The summed E-state index contributed by atoms with van der Waals surface area (Å²) in [5.74, 6) is 3.45. The minimum Gasteiger partial charge on any atom is -0.494 e. The van der Waals surface area contributed by atoms with Gasteiger partial charge in [0.25, 0.3) is 0 Å². The monoisotopic (exact) mass is 486 g/mol. The predicted octanol–water partition coefficient (Wildman–Crippen LogP) is 2.83. The molecule has 0 bridgehead atoms. The standard InChI is InChI=1S/C19H30N6O.HI/c1-5-12-26-17-9-7-8-16(13-17)10-11-21-19(20-6-2)22-14-18-24-23-15(3)25(18)4;/h7-9,13H,5-6,10-12,14H2,1-4H3,(H2,20,21,22);1H. The van der Waals surface area contributed by atoms with Crippen LogP contribution in [0, 0.1) is 6.92 Å². The van der Waals surface area contributed by atoms with E-state index in [1.54, 1.807) is 0 Å². The van der Waals surface area contributed by atoms with Gasteiger partial charge in [-0.2, -0.15) is 0 Å². The van der Waals surface area contributed by atoms with Gasteiger partial charge in [-0.05, 0) is 44.4 Å². The molecule has 0 aliphatic carbocycles. The number of guanidine groups is 1. The van der Waals surface area contributed by atoms with Crippen LogP contribution >= 0.6 is 24.0 Å². The molecule has 0 atom stereocenters. The van der Waals surface area contributed by atoms with Crippen LogP contribution in [0.1, 0.15) is 37.5 Å². The van der Waals surface area contributed by atoms with Crippen molar-refractivity contribution in [1.29, 1.82) is 0 Å². The minimum absolute atomic E-state index is 0. The SMILES string of the molecule is CCCOc1cccc(CCNC(=NCc2nnc(C)n2C)NCC)c1.I. The molecule has 0 fully saturated rings. The first-order chi connectivity index (χ1) is 12.6. The van der Waals surface area contributed by atoms with Crippen LogP contribution in [-0.4, -0.2) is 40.4 Å². The Kier molecular flexibility index (Phi) is 10.8. The number of ether oxygens (including phenoxy) is 1. The average molecular weight is 486 g/mol. The second kappa shape index (κ2) is 12.5. The number of aliphatic imine (C=N–C) groups is 1. The Morgan fingerprint density at radius 3 is 2.70 bits per heavy atom. The van der Waals surface area contributed by atoms with Gasteiger partial charge < -0.3 is 19.9 Å². The number of hydrogen-bond donors (Lipinski definition) is 2. The molecule has 150 valence electrons. The van der Waals surface area contributed by atoms with Crippen LogP contribution in [0.4, 0.5) is 0 Å². The first-order valence-electron chi connectivity index (χ1n) is 9.22. The van der Waals surface area contributed by atoms with E-state index in [1.807, 2.05) is 30.7 Å². The first-order valence-corrected chi connectivity index (χ1v) is 9.22. The lowest BCUT2D eigenvalue weighted by molar-refractivity contribution is 0.317. The molecule has 1 aromatic carbocycles. The van der Waals surface area contributed by atoms with E-state index in [1.165, 1.54) is 5.56 Å². The number of aromatic nitrogens is 3. The van der Waals surface area contributed by atoms with Crippen molar-refractivity contribution in [3.63, 3.8) is 0 Å². The van der Waals surface area contributed by atoms with Crippen LogP contribution in [0.3, 0.4) is 0 Å². The lowest BCUT2D eigenvalue weighted by atomic mass is 10.1. The molecular weight excluding hydrogens is 455 g/mol. The Balaban J connectivity index is 0.00000364. The molecule has 2 rings (SSSR count). The summed E-state index contributed by atoms with van der Waals surface area (Å²) in [6, 6.07) is 8.26. The molecule has 27 heavy (non-hydrogen) atoms. The van der Waals surface area contributed by atoms with Gasteiger partial charge in [0, 0.05) is 20.1 Å². The summed E-state index contributed by atoms with van der Waals surface area (Å²) in [4.78, 5) is 4.59. The van der Waals surface area contributed by atoms with E-state index in [4.69, 9.17) is 4.74 Å². The second-order valence-electron chi connectivity index (χ2n) is 6.09. The number of rotatable bonds is 9. The Hall–Kier alpha value is -1.84. The molecule has 0 spiro atoms. The fraction of sp³-hybridized carbons (Fsp3) is 0.526. The zero-order chi connectivity index (χ0) is 18.8. The largest absolute Gasteiger partial charge is 0.494 e. The van der Waals surface area contributed by atoms with Gasteiger partial charge in [-0.1, -0.05) is 19.1 Å². The molecule has 0 aliphatic rings. The van der Waals surface area contributed by atoms with Crippen molar-refractivity contribution in [2.24, 2.45) is 12.0 Å². The lowest BCUT2D eigenvalue weighted by Crippen LogP contribution is -2.38. The van der Waals surface area contributed by atoms with Gasteiger partial charge in [-0.3, -0.25) is 0 Å². The Morgan fingerprint density at radius 1 is 1.22 bits per heavy atom. The maximum absolute atomic E-state index is 5.69. The van der Waals surface area contributed by atoms with Crippen LogP contribution in [0.15, 0.2) is 29.3 Å². The summed E-state index contributed by atoms with van der Waals surface area (Å²) in [6.45, 7) is 8.94. The molecule has 1 heterocycles. The fourth-order valence-corrected chi connectivity index (χ4v) is 2.42. The first kappa shape index (κ1) is 23.2. The van der Waals surface area contributed by atoms with Crippen LogP contribution in [0.5, 0.6) is 5.75 Å². The number of aryl methyl sites for hydroxylation is 1. The summed E-state index contributed by atoms with van der Waals surface area (Å²) in [6.07, 6.45) is 1.91. The van der Waals surface area contributed by atoms with E-state index < -0.39 is 0 Å². The average Bonchev–Trinajstić information content (AvgIpc) is 2.97. The van der Waals surface area contributed by atoms with Crippen molar-refractivity contribution in [1.82, 2.24) is 25.4 Å². The molecule has 7 nitrogen and oxygen atoms in total. The lowest BCUT2D eigenvalue weighted by Gasteiger charge is -2.12. The number of nitrogens with zero attached hydrogens (tertiary/aromatic N) is 4. The van der Waals surface area contributed by atoms with E-state index in [9.17, 15) is 0 Å². The number of benzene rings is 1. The molecule has 8 heteroatoms.